The van der Waals surface area contributed by atoms with Crippen molar-refractivity contribution in [2.45, 2.75) is 38.1 Å². The molecule has 1 aromatic carbocycles. The molecule has 3 atom stereocenters. The van der Waals surface area contributed by atoms with Crippen LogP contribution in [-0.2, 0) is 11.2 Å². The molecule has 1 saturated heterocycles. The summed E-state index contributed by atoms with van der Waals surface area (Å²) in [5, 5.41) is 9.20. The lowest BCUT2D eigenvalue weighted by Crippen LogP contribution is -2.51. The first-order chi connectivity index (χ1) is 10.8. The zero-order chi connectivity index (χ0) is 15.1. The number of hydrogen-bond acceptors (Lipinski definition) is 3. The molecule has 0 radical (unpaired) electrons. The number of methoxy groups -OCH3 is 1. The molecule has 2 heterocycles. The van der Waals surface area contributed by atoms with Crippen molar-refractivity contribution in [3.05, 3.63) is 29.5 Å². The maximum absolute atomic E-state index is 5.47. The van der Waals surface area contributed by atoms with Gasteiger partial charge < -0.3 is 4.74 Å². The molecule has 2 aliphatic rings. The minimum atomic E-state index is 0.606. The van der Waals surface area contributed by atoms with Gasteiger partial charge >= 0.3 is 0 Å². The van der Waals surface area contributed by atoms with Crippen LogP contribution in [0.5, 0.6) is 0 Å². The van der Waals surface area contributed by atoms with Gasteiger partial charge in [0, 0.05) is 37.4 Å². The SMILES string of the molecule is CCCN1C[C@H](COC)C[C@@H]2c3cccc4[nH]nc(c34)C[C@H]21. The Morgan fingerprint density at radius 1 is 1.41 bits per heavy atom. The van der Waals surface area contributed by atoms with Crippen molar-refractivity contribution in [2.24, 2.45) is 5.92 Å². The molecular formula is C18H25N3O. The maximum atomic E-state index is 5.47. The predicted octanol–water partition coefficient (Wildman–Crippen LogP) is 2.95. The molecule has 1 N–H and O–H groups in total. The lowest BCUT2D eigenvalue weighted by Gasteiger charge is -2.46. The van der Waals surface area contributed by atoms with Gasteiger partial charge in [-0.3, -0.25) is 10.00 Å². The van der Waals surface area contributed by atoms with Crippen LogP contribution in [0.4, 0.5) is 0 Å². The third-order valence-electron chi connectivity index (χ3n) is 5.43. The van der Waals surface area contributed by atoms with E-state index in [1.54, 1.807) is 0 Å². The second kappa shape index (κ2) is 5.67. The Labute approximate surface area is 131 Å². The normalized spacial score (nSPS) is 28.0. The van der Waals surface area contributed by atoms with Gasteiger partial charge in [0.1, 0.15) is 0 Å². The fourth-order valence-corrected chi connectivity index (χ4v) is 4.64. The van der Waals surface area contributed by atoms with Crippen LogP contribution >= 0.6 is 0 Å². The Morgan fingerprint density at radius 3 is 3.14 bits per heavy atom. The van der Waals surface area contributed by atoms with E-state index in [9.17, 15) is 0 Å². The van der Waals surface area contributed by atoms with Gasteiger partial charge in [0.25, 0.3) is 0 Å². The monoisotopic (exact) mass is 299 g/mol. The topological polar surface area (TPSA) is 41.1 Å². The average molecular weight is 299 g/mol. The molecule has 4 nitrogen and oxygen atoms in total. The fourth-order valence-electron chi connectivity index (χ4n) is 4.64. The summed E-state index contributed by atoms with van der Waals surface area (Å²) in [7, 11) is 1.83. The minimum Gasteiger partial charge on any atom is -0.384 e. The molecule has 1 aliphatic carbocycles. The Hall–Kier alpha value is -1.39. The Bertz CT molecular complexity index is 665. The van der Waals surface area contributed by atoms with Gasteiger partial charge in [-0.15, -0.1) is 0 Å². The van der Waals surface area contributed by atoms with Crippen LogP contribution < -0.4 is 0 Å². The van der Waals surface area contributed by atoms with Gasteiger partial charge in [-0.05, 0) is 36.9 Å². The molecule has 118 valence electrons. The van der Waals surface area contributed by atoms with Crippen LogP contribution in [0.15, 0.2) is 18.2 Å². The van der Waals surface area contributed by atoms with E-state index in [-0.39, 0.29) is 0 Å². The van der Waals surface area contributed by atoms with Crippen LogP contribution in [0.2, 0.25) is 0 Å². The van der Waals surface area contributed by atoms with E-state index in [0.29, 0.717) is 17.9 Å². The smallest absolute Gasteiger partial charge is 0.0719 e. The number of ether oxygens (including phenoxy) is 1. The highest BCUT2D eigenvalue weighted by Gasteiger charge is 2.40. The Morgan fingerprint density at radius 2 is 2.32 bits per heavy atom. The van der Waals surface area contributed by atoms with Crippen molar-refractivity contribution in [2.75, 3.05) is 26.8 Å². The summed E-state index contributed by atoms with van der Waals surface area (Å²) >= 11 is 0. The molecule has 22 heavy (non-hydrogen) atoms. The van der Waals surface area contributed by atoms with Crippen molar-refractivity contribution >= 4 is 10.9 Å². The number of aromatic nitrogens is 2. The molecule has 0 bridgehead atoms. The zero-order valence-corrected chi connectivity index (χ0v) is 13.5. The summed E-state index contributed by atoms with van der Waals surface area (Å²) in [6.07, 6.45) is 3.53. The molecule has 0 saturated carbocycles. The van der Waals surface area contributed by atoms with Crippen molar-refractivity contribution in [1.82, 2.24) is 15.1 Å². The van der Waals surface area contributed by atoms with Crippen LogP contribution in [0.3, 0.4) is 0 Å². The molecule has 2 aromatic rings. The third-order valence-corrected chi connectivity index (χ3v) is 5.43. The van der Waals surface area contributed by atoms with Crippen molar-refractivity contribution in [3.8, 4) is 0 Å². The van der Waals surface area contributed by atoms with Crippen LogP contribution in [-0.4, -0.2) is 47.9 Å². The molecule has 1 fully saturated rings. The zero-order valence-electron chi connectivity index (χ0n) is 13.5. The van der Waals surface area contributed by atoms with Crippen molar-refractivity contribution in [1.29, 1.82) is 0 Å². The number of aromatic amines is 1. The highest BCUT2D eigenvalue weighted by atomic mass is 16.5. The van der Waals surface area contributed by atoms with Crippen molar-refractivity contribution in [3.63, 3.8) is 0 Å². The summed E-state index contributed by atoms with van der Waals surface area (Å²) in [5.74, 6) is 1.26. The molecule has 0 unspecified atom stereocenters. The standard InChI is InChI=1S/C18H25N3O/c1-3-7-21-10-12(11-22-2)8-14-13-5-4-6-15-18(13)16(20-19-15)9-17(14)21/h4-6,12,14,17H,3,7-11H2,1-2H3,(H,19,20)/t12-,14-,17-/m1/s1. The van der Waals surface area contributed by atoms with Gasteiger partial charge in [-0.2, -0.15) is 5.10 Å². The van der Waals surface area contributed by atoms with E-state index in [0.717, 1.165) is 13.0 Å². The van der Waals surface area contributed by atoms with E-state index >= 15 is 0 Å². The molecular weight excluding hydrogens is 274 g/mol. The molecule has 4 rings (SSSR count). The summed E-state index contributed by atoms with van der Waals surface area (Å²) in [5.41, 5.74) is 3.96. The molecule has 1 aromatic heterocycles. The first-order valence-electron chi connectivity index (χ1n) is 8.50. The predicted molar refractivity (Wildman–Crippen MR) is 88.2 cm³/mol. The molecule has 4 heteroatoms. The number of nitrogens with one attached hydrogen (secondary N) is 1. The number of nitrogens with zero attached hydrogens (tertiary/aromatic N) is 2. The largest absolute Gasteiger partial charge is 0.384 e. The van der Waals surface area contributed by atoms with Gasteiger partial charge in [0.15, 0.2) is 0 Å². The number of H-pyrrole nitrogens is 1. The minimum absolute atomic E-state index is 0.606. The lowest BCUT2D eigenvalue weighted by molar-refractivity contribution is 0.0424. The number of piperidine rings is 1. The quantitative estimate of drug-likeness (QED) is 0.943. The number of rotatable bonds is 4. The van der Waals surface area contributed by atoms with E-state index in [1.165, 1.54) is 48.1 Å². The van der Waals surface area contributed by atoms with E-state index in [1.807, 2.05) is 7.11 Å². The second-order valence-corrected chi connectivity index (χ2v) is 6.87. The Kier molecular flexibility index (Phi) is 3.66. The van der Waals surface area contributed by atoms with Crippen LogP contribution in [0.1, 0.15) is 36.9 Å². The van der Waals surface area contributed by atoms with Crippen LogP contribution in [0, 0.1) is 5.92 Å². The van der Waals surface area contributed by atoms with Crippen LogP contribution in [0.25, 0.3) is 10.9 Å². The third kappa shape index (κ3) is 2.17. The molecule has 0 spiro atoms. The summed E-state index contributed by atoms with van der Waals surface area (Å²) in [6, 6.07) is 7.24. The van der Waals surface area contributed by atoms with E-state index in [2.05, 4.69) is 40.2 Å². The number of likely N-dealkylation sites (tertiary alicyclic amines) is 1. The van der Waals surface area contributed by atoms with E-state index in [4.69, 9.17) is 4.74 Å². The van der Waals surface area contributed by atoms with Gasteiger partial charge in [0.05, 0.1) is 17.8 Å². The van der Waals surface area contributed by atoms with Gasteiger partial charge in [-0.1, -0.05) is 19.1 Å². The van der Waals surface area contributed by atoms with Gasteiger partial charge in [-0.25, -0.2) is 0 Å². The van der Waals surface area contributed by atoms with Gasteiger partial charge in [0.2, 0.25) is 0 Å². The molecule has 0 amide bonds. The van der Waals surface area contributed by atoms with Crippen molar-refractivity contribution < 1.29 is 4.74 Å². The summed E-state index contributed by atoms with van der Waals surface area (Å²) < 4.78 is 5.47. The first-order valence-corrected chi connectivity index (χ1v) is 8.50. The number of fused-ring (bicyclic) bond motifs is 2. The number of benzene rings is 1. The highest BCUT2D eigenvalue weighted by molar-refractivity contribution is 5.86. The second-order valence-electron chi connectivity index (χ2n) is 6.87. The molecule has 1 aliphatic heterocycles. The number of hydrogen-bond donors (Lipinski definition) is 1. The summed E-state index contributed by atoms with van der Waals surface area (Å²) in [4.78, 5) is 2.69. The Balaban J connectivity index is 1.75. The average Bonchev–Trinajstić information content (AvgIpc) is 2.94. The summed E-state index contributed by atoms with van der Waals surface area (Å²) in [6.45, 7) is 5.49. The highest BCUT2D eigenvalue weighted by Crippen LogP contribution is 2.44. The maximum Gasteiger partial charge on any atom is 0.0719 e. The van der Waals surface area contributed by atoms with E-state index < -0.39 is 0 Å². The lowest BCUT2D eigenvalue weighted by atomic mass is 9.73. The fraction of sp³-hybridized carbons (Fsp3) is 0.611. The first kappa shape index (κ1) is 14.2.